The fourth-order valence-corrected chi connectivity index (χ4v) is 3.06. The predicted molar refractivity (Wildman–Crippen MR) is 89.8 cm³/mol. The highest BCUT2D eigenvalue weighted by molar-refractivity contribution is 5.76. The van der Waals surface area contributed by atoms with Crippen molar-refractivity contribution in [2.75, 3.05) is 26.3 Å². The van der Waals surface area contributed by atoms with E-state index >= 15 is 0 Å². The minimum atomic E-state index is 0.321. The van der Waals surface area contributed by atoms with Gasteiger partial charge in [0.15, 0.2) is 0 Å². The smallest absolute Gasteiger partial charge is 0.222 e. The first kappa shape index (κ1) is 17.0. The monoisotopic (exact) mass is 303 g/mol. The zero-order valence-corrected chi connectivity index (χ0v) is 13.8. The van der Waals surface area contributed by atoms with Crippen molar-refractivity contribution < 1.29 is 9.53 Å². The SMILES string of the molecule is CCN(CC1CCOCC1)C(=O)CCCCc1ccccc1. The molecular weight excluding hydrogens is 274 g/mol. The third kappa shape index (κ3) is 5.80. The topological polar surface area (TPSA) is 29.5 Å². The van der Waals surface area contributed by atoms with Crippen LogP contribution in [0.3, 0.4) is 0 Å². The number of aryl methyl sites for hydroxylation is 1. The lowest BCUT2D eigenvalue weighted by Crippen LogP contribution is -2.36. The van der Waals surface area contributed by atoms with E-state index in [4.69, 9.17) is 4.74 Å². The molecule has 0 aliphatic carbocycles. The first-order valence-corrected chi connectivity index (χ1v) is 8.69. The number of unbranched alkanes of at least 4 members (excludes halogenated alkanes) is 1. The third-order valence-electron chi connectivity index (χ3n) is 4.50. The number of amides is 1. The van der Waals surface area contributed by atoms with Crippen LogP contribution in [0.15, 0.2) is 30.3 Å². The van der Waals surface area contributed by atoms with Gasteiger partial charge >= 0.3 is 0 Å². The first-order chi connectivity index (χ1) is 10.8. The highest BCUT2D eigenvalue weighted by atomic mass is 16.5. The maximum absolute atomic E-state index is 12.4. The van der Waals surface area contributed by atoms with Crippen LogP contribution in [0.1, 0.15) is 44.6 Å². The van der Waals surface area contributed by atoms with Gasteiger partial charge in [-0.25, -0.2) is 0 Å². The Morgan fingerprint density at radius 1 is 1.18 bits per heavy atom. The molecule has 1 fully saturated rings. The standard InChI is InChI=1S/C19H29NO2/c1-2-20(16-18-12-14-22-15-13-18)19(21)11-7-6-10-17-8-4-3-5-9-17/h3-5,8-9,18H,2,6-7,10-16H2,1H3. The van der Waals surface area contributed by atoms with Gasteiger partial charge in [-0.2, -0.15) is 0 Å². The van der Waals surface area contributed by atoms with Crippen molar-refractivity contribution in [3.05, 3.63) is 35.9 Å². The quantitative estimate of drug-likeness (QED) is 0.686. The summed E-state index contributed by atoms with van der Waals surface area (Å²) in [5, 5.41) is 0. The molecule has 0 unspecified atom stereocenters. The van der Waals surface area contributed by atoms with Crippen LogP contribution in [0, 0.1) is 5.92 Å². The number of benzene rings is 1. The Bertz CT molecular complexity index is 426. The number of ether oxygens (including phenoxy) is 1. The molecule has 1 aromatic rings. The molecule has 1 aliphatic heterocycles. The minimum Gasteiger partial charge on any atom is -0.381 e. The van der Waals surface area contributed by atoms with Gasteiger partial charge in [-0.05, 0) is 50.5 Å². The van der Waals surface area contributed by atoms with E-state index in [9.17, 15) is 4.79 Å². The maximum atomic E-state index is 12.4. The molecule has 0 radical (unpaired) electrons. The van der Waals surface area contributed by atoms with Crippen LogP contribution in [0.25, 0.3) is 0 Å². The van der Waals surface area contributed by atoms with E-state index in [1.54, 1.807) is 0 Å². The van der Waals surface area contributed by atoms with E-state index in [1.165, 1.54) is 5.56 Å². The zero-order valence-electron chi connectivity index (χ0n) is 13.8. The number of rotatable bonds is 8. The highest BCUT2D eigenvalue weighted by Crippen LogP contribution is 2.17. The van der Waals surface area contributed by atoms with Crippen molar-refractivity contribution in [2.24, 2.45) is 5.92 Å². The summed E-state index contributed by atoms with van der Waals surface area (Å²) in [5.74, 6) is 0.948. The average Bonchev–Trinajstić information content (AvgIpc) is 2.58. The summed E-state index contributed by atoms with van der Waals surface area (Å²) in [5.41, 5.74) is 1.37. The summed E-state index contributed by atoms with van der Waals surface area (Å²) in [6.45, 7) is 5.54. The van der Waals surface area contributed by atoms with Gasteiger partial charge in [-0.15, -0.1) is 0 Å². The van der Waals surface area contributed by atoms with Crippen LogP contribution in [0.2, 0.25) is 0 Å². The molecule has 1 aliphatic rings. The summed E-state index contributed by atoms with van der Waals surface area (Å²) in [6, 6.07) is 10.5. The molecule has 22 heavy (non-hydrogen) atoms. The molecule has 1 heterocycles. The lowest BCUT2D eigenvalue weighted by Gasteiger charge is -2.29. The second-order valence-electron chi connectivity index (χ2n) is 6.18. The molecule has 3 nitrogen and oxygen atoms in total. The molecule has 0 aromatic heterocycles. The largest absolute Gasteiger partial charge is 0.381 e. The summed E-state index contributed by atoms with van der Waals surface area (Å²) in [7, 11) is 0. The normalized spacial score (nSPS) is 15.7. The molecule has 0 saturated carbocycles. The number of hydrogen-bond acceptors (Lipinski definition) is 2. The van der Waals surface area contributed by atoms with Gasteiger partial charge in [-0.3, -0.25) is 4.79 Å². The number of hydrogen-bond donors (Lipinski definition) is 0. The molecule has 0 atom stereocenters. The Labute approximate surface area is 134 Å². The molecule has 122 valence electrons. The van der Waals surface area contributed by atoms with E-state index in [-0.39, 0.29) is 0 Å². The van der Waals surface area contributed by atoms with Crippen molar-refractivity contribution in [1.82, 2.24) is 4.90 Å². The van der Waals surface area contributed by atoms with Gasteiger partial charge in [0.25, 0.3) is 0 Å². The lowest BCUT2D eigenvalue weighted by molar-refractivity contribution is -0.132. The van der Waals surface area contributed by atoms with Gasteiger partial charge in [0.05, 0.1) is 0 Å². The Morgan fingerprint density at radius 2 is 1.91 bits per heavy atom. The first-order valence-electron chi connectivity index (χ1n) is 8.69. The average molecular weight is 303 g/mol. The van der Waals surface area contributed by atoms with Crippen LogP contribution in [0.5, 0.6) is 0 Å². The summed E-state index contributed by atoms with van der Waals surface area (Å²) < 4.78 is 5.39. The minimum absolute atomic E-state index is 0.321. The van der Waals surface area contributed by atoms with Crippen molar-refractivity contribution in [1.29, 1.82) is 0 Å². The Kier molecular flexibility index (Phi) is 7.44. The van der Waals surface area contributed by atoms with Crippen molar-refractivity contribution in [3.63, 3.8) is 0 Å². The molecule has 2 rings (SSSR count). The Hall–Kier alpha value is -1.35. The van der Waals surface area contributed by atoms with Gasteiger partial charge in [0, 0.05) is 32.7 Å². The molecule has 1 amide bonds. The second-order valence-corrected chi connectivity index (χ2v) is 6.18. The van der Waals surface area contributed by atoms with Crippen LogP contribution < -0.4 is 0 Å². The van der Waals surface area contributed by atoms with Gasteiger partial charge < -0.3 is 9.64 Å². The van der Waals surface area contributed by atoms with E-state index in [1.807, 2.05) is 11.0 Å². The molecule has 1 saturated heterocycles. The van der Waals surface area contributed by atoms with E-state index < -0.39 is 0 Å². The van der Waals surface area contributed by atoms with Gasteiger partial charge in [0.1, 0.15) is 0 Å². The number of nitrogens with zero attached hydrogens (tertiary/aromatic N) is 1. The van der Waals surface area contributed by atoms with Crippen LogP contribution in [-0.4, -0.2) is 37.1 Å². The Balaban J connectivity index is 1.65. The van der Waals surface area contributed by atoms with Crippen LogP contribution in [-0.2, 0) is 16.0 Å². The summed E-state index contributed by atoms with van der Waals surface area (Å²) >= 11 is 0. The van der Waals surface area contributed by atoms with E-state index in [2.05, 4.69) is 31.2 Å². The predicted octanol–water partition coefficient (Wildman–Crippen LogP) is 3.67. The van der Waals surface area contributed by atoms with Crippen molar-refractivity contribution >= 4 is 5.91 Å². The molecule has 1 aromatic carbocycles. The molecule has 3 heteroatoms. The van der Waals surface area contributed by atoms with E-state index in [0.717, 1.165) is 58.4 Å². The highest BCUT2D eigenvalue weighted by Gasteiger charge is 2.19. The zero-order chi connectivity index (χ0) is 15.6. The van der Waals surface area contributed by atoms with Crippen LogP contribution >= 0.6 is 0 Å². The summed E-state index contributed by atoms with van der Waals surface area (Å²) in [4.78, 5) is 14.4. The lowest BCUT2D eigenvalue weighted by atomic mass is 9.99. The molecular formula is C19H29NO2. The Morgan fingerprint density at radius 3 is 2.59 bits per heavy atom. The van der Waals surface area contributed by atoms with Crippen LogP contribution in [0.4, 0.5) is 0 Å². The number of carbonyl (C=O) groups excluding carboxylic acids is 1. The maximum Gasteiger partial charge on any atom is 0.222 e. The van der Waals surface area contributed by atoms with Gasteiger partial charge in [-0.1, -0.05) is 30.3 Å². The van der Waals surface area contributed by atoms with Gasteiger partial charge in [0.2, 0.25) is 5.91 Å². The third-order valence-corrected chi connectivity index (χ3v) is 4.50. The number of carbonyl (C=O) groups is 1. The second kappa shape index (κ2) is 9.62. The molecule has 0 N–H and O–H groups in total. The van der Waals surface area contributed by atoms with E-state index in [0.29, 0.717) is 18.2 Å². The fraction of sp³-hybridized carbons (Fsp3) is 0.632. The van der Waals surface area contributed by atoms with Crippen molar-refractivity contribution in [3.8, 4) is 0 Å². The summed E-state index contributed by atoms with van der Waals surface area (Å²) in [6.07, 6.45) is 6.02. The van der Waals surface area contributed by atoms with Crippen molar-refractivity contribution in [2.45, 2.75) is 45.4 Å². The molecule has 0 spiro atoms. The molecule has 0 bridgehead atoms. The fourth-order valence-electron chi connectivity index (χ4n) is 3.06.